The van der Waals surface area contributed by atoms with Crippen LogP contribution in [0.25, 0.3) is 22.2 Å². The highest BCUT2D eigenvalue weighted by molar-refractivity contribution is 5.96. The zero-order valence-corrected chi connectivity index (χ0v) is 12.4. The van der Waals surface area contributed by atoms with Crippen LogP contribution in [0.2, 0.25) is 0 Å². The Hall–Kier alpha value is -2.28. The Morgan fingerprint density at radius 1 is 0.952 bits per heavy atom. The molecular weight excluding hydrogens is 254 g/mol. The van der Waals surface area contributed by atoms with Crippen molar-refractivity contribution in [2.75, 3.05) is 0 Å². The number of aromatic nitrogens is 1. The molecule has 0 fully saturated rings. The summed E-state index contributed by atoms with van der Waals surface area (Å²) in [5, 5.41) is 1.35. The Balaban J connectivity index is 2.15. The van der Waals surface area contributed by atoms with Crippen LogP contribution in [-0.4, -0.2) is 4.57 Å². The minimum absolute atomic E-state index is 1.12. The summed E-state index contributed by atoms with van der Waals surface area (Å²) in [7, 11) is 0. The lowest BCUT2D eigenvalue weighted by Crippen LogP contribution is -2.07. The van der Waals surface area contributed by atoms with Gasteiger partial charge < -0.3 is 4.57 Å². The van der Waals surface area contributed by atoms with Gasteiger partial charge in [-0.15, -0.1) is 0 Å². The van der Waals surface area contributed by atoms with Crippen molar-refractivity contribution in [1.29, 1.82) is 0 Å². The van der Waals surface area contributed by atoms with Gasteiger partial charge in [-0.1, -0.05) is 43.0 Å². The SMILES string of the molecule is C=C1CCCc2c1c1ccccc1n2-c1ccccc1C. The topological polar surface area (TPSA) is 4.93 Å². The van der Waals surface area contributed by atoms with Crippen LogP contribution in [-0.2, 0) is 6.42 Å². The van der Waals surface area contributed by atoms with Crippen molar-refractivity contribution in [2.45, 2.75) is 26.2 Å². The second-order valence-corrected chi connectivity index (χ2v) is 5.92. The fourth-order valence-corrected chi connectivity index (χ4v) is 3.61. The van der Waals surface area contributed by atoms with E-state index in [-0.39, 0.29) is 0 Å². The normalized spacial score (nSPS) is 14.4. The first-order valence-corrected chi connectivity index (χ1v) is 7.64. The molecule has 1 heteroatoms. The van der Waals surface area contributed by atoms with E-state index < -0.39 is 0 Å². The summed E-state index contributed by atoms with van der Waals surface area (Å²) in [4.78, 5) is 0. The number of allylic oxidation sites excluding steroid dienone is 1. The second kappa shape index (κ2) is 4.63. The molecule has 0 amide bonds. The predicted octanol–water partition coefficient (Wildman–Crippen LogP) is 5.29. The van der Waals surface area contributed by atoms with E-state index >= 15 is 0 Å². The molecule has 1 nitrogen and oxygen atoms in total. The molecule has 0 spiro atoms. The molecule has 1 heterocycles. The highest BCUT2D eigenvalue weighted by Crippen LogP contribution is 2.39. The van der Waals surface area contributed by atoms with Gasteiger partial charge in [0.25, 0.3) is 0 Å². The van der Waals surface area contributed by atoms with Crippen LogP contribution in [0.4, 0.5) is 0 Å². The number of fused-ring (bicyclic) bond motifs is 3. The number of rotatable bonds is 1. The van der Waals surface area contributed by atoms with Crippen LogP contribution in [0.3, 0.4) is 0 Å². The van der Waals surface area contributed by atoms with Gasteiger partial charge in [-0.25, -0.2) is 0 Å². The molecule has 4 rings (SSSR count). The smallest absolute Gasteiger partial charge is 0.0537 e. The number of benzene rings is 2. The highest BCUT2D eigenvalue weighted by Gasteiger charge is 2.23. The van der Waals surface area contributed by atoms with Crippen LogP contribution in [0.5, 0.6) is 0 Å². The van der Waals surface area contributed by atoms with E-state index in [0.29, 0.717) is 0 Å². The lowest BCUT2D eigenvalue weighted by atomic mass is 9.91. The lowest BCUT2D eigenvalue weighted by Gasteiger charge is -2.19. The van der Waals surface area contributed by atoms with Crippen LogP contribution in [0.1, 0.15) is 29.7 Å². The van der Waals surface area contributed by atoms with Gasteiger partial charge in [0.1, 0.15) is 0 Å². The second-order valence-electron chi connectivity index (χ2n) is 5.92. The van der Waals surface area contributed by atoms with Crippen molar-refractivity contribution in [3.63, 3.8) is 0 Å². The lowest BCUT2D eigenvalue weighted by molar-refractivity contribution is 0.780. The Labute approximate surface area is 125 Å². The van der Waals surface area contributed by atoms with Gasteiger partial charge in [0.2, 0.25) is 0 Å². The van der Waals surface area contributed by atoms with Crippen molar-refractivity contribution in [3.8, 4) is 5.69 Å². The number of nitrogens with zero attached hydrogens (tertiary/aromatic N) is 1. The minimum Gasteiger partial charge on any atom is -0.313 e. The van der Waals surface area contributed by atoms with Crippen LogP contribution in [0, 0.1) is 6.92 Å². The number of hydrogen-bond donors (Lipinski definition) is 0. The average molecular weight is 273 g/mol. The summed E-state index contributed by atoms with van der Waals surface area (Å²) in [6.45, 7) is 6.51. The zero-order chi connectivity index (χ0) is 14.4. The summed E-state index contributed by atoms with van der Waals surface area (Å²) in [6.07, 6.45) is 3.46. The molecule has 104 valence electrons. The third-order valence-corrected chi connectivity index (χ3v) is 4.57. The van der Waals surface area contributed by atoms with Crippen molar-refractivity contribution >= 4 is 16.5 Å². The molecule has 0 unspecified atom stereocenters. The third kappa shape index (κ3) is 1.77. The third-order valence-electron chi connectivity index (χ3n) is 4.57. The summed E-state index contributed by atoms with van der Waals surface area (Å²) in [5.74, 6) is 0. The largest absolute Gasteiger partial charge is 0.313 e. The van der Waals surface area contributed by atoms with E-state index in [0.717, 1.165) is 12.8 Å². The first-order chi connectivity index (χ1) is 10.3. The Morgan fingerprint density at radius 3 is 2.57 bits per heavy atom. The molecule has 21 heavy (non-hydrogen) atoms. The Kier molecular flexibility index (Phi) is 2.75. The molecule has 0 atom stereocenters. The van der Waals surface area contributed by atoms with E-state index in [9.17, 15) is 0 Å². The van der Waals surface area contributed by atoms with E-state index in [2.05, 4.69) is 66.6 Å². The minimum atomic E-state index is 1.12. The van der Waals surface area contributed by atoms with Crippen molar-refractivity contribution in [2.24, 2.45) is 0 Å². The molecule has 2 aromatic carbocycles. The summed E-state index contributed by atoms with van der Waals surface area (Å²) in [6, 6.07) is 17.4. The highest BCUT2D eigenvalue weighted by atomic mass is 15.0. The zero-order valence-electron chi connectivity index (χ0n) is 12.4. The van der Waals surface area contributed by atoms with Gasteiger partial charge in [-0.2, -0.15) is 0 Å². The summed E-state index contributed by atoms with van der Waals surface area (Å²) in [5.41, 5.74) is 8.03. The Bertz CT molecular complexity index is 851. The molecule has 0 radical (unpaired) electrons. The maximum atomic E-state index is 4.32. The quantitative estimate of drug-likeness (QED) is 0.568. The van der Waals surface area contributed by atoms with Gasteiger partial charge >= 0.3 is 0 Å². The standard InChI is InChI=1S/C20H19N/c1-14-8-3-5-11-17(14)21-18-12-6-4-10-16(18)20-15(2)9-7-13-19(20)21/h3-6,8,10-12H,2,7,9,13H2,1H3. The van der Waals surface area contributed by atoms with Gasteiger partial charge in [0, 0.05) is 22.3 Å². The van der Waals surface area contributed by atoms with Crippen molar-refractivity contribution in [3.05, 3.63) is 71.9 Å². The fraction of sp³-hybridized carbons (Fsp3) is 0.200. The molecule has 0 N–H and O–H groups in total. The maximum absolute atomic E-state index is 4.32. The number of aryl methyl sites for hydroxylation is 1. The molecule has 1 aliphatic rings. The van der Waals surface area contributed by atoms with Crippen molar-refractivity contribution < 1.29 is 0 Å². The van der Waals surface area contributed by atoms with Crippen LogP contribution >= 0.6 is 0 Å². The molecule has 1 aromatic heterocycles. The monoisotopic (exact) mass is 273 g/mol. The summed E-state index contributed by atoms with van der Waals surface area (Å²) >= 11 is 0. The maximum Gasteiger partial charge on any atom is 0.0537 e. The molecule has 0 saturated carbocycles. The fourth-order valence-electron chi connectivity index (χ4n) is 3.61. The van der Waals surface area contributed by atoms with Crippen LogP contribution in [0.15, 0.2) is 55.1 Å². The van der Waals surface area contributed by atoms with Gasteiger partial charge in [0.15, 0.2) is 0 Å². The van der Waals surface area contributed by atoms with E-state index in [1.54, 1.807) is 0 Å². The molecule has 0 bridgehead atoms. The first kappa shape index (κ1) is 12.5. The van der Waals surface area contributed by atoms with Crippen LogP contribution < -0.4 is 0 Å². The summed E-state index contributed by atoms with van der Waals surface area (Å²) < 4.78 is 2.45. The predicted molar refractivity (Wildman–Crippen MR) is 90.0 cm³/mol. The van der Waals surface area contributed by atoms with E-state index in [1.807, 2.05) is 0 Å². The molecular formula is C20H19N. The van der Waals surface area contributed by atoms with E-state index in [1.165, 1.54) is 45.4 Å². The molecule has 1 aliphatic carbocycles. The molecule has 0 aliphatic heterocycles. The van der Waals surface area contributed by atoms with E-state index in [4.69, 9.17) is 0 Å². The van der Waals surface area contributed by atoms with Crippen molar-refractivity contribution in [1.82, 2.24) is 4.57 Å². The average Bonchev–Trinajstić information content (AvgIpc) is 2.83. The van der Waals surface area contributed by atoms with Gasteiger partial charge in [0.05, 0.1) is 5.52 Å². The van der Waals surface area contributed by atoms with Gasteiger partial charge in [-0.3, -0.25) is 0 Å². The number of para-hydroxylation sites is 2. The Morgan fingerprint density at radius 2 is 1.71 bits per heavy atom. The molecule has 0 saturated heterocycles. The molecule has 3 aromatic rings. The first-order valence-electron chi connectivity index (χ1n) is 7.64. The number of hydrogen-bond acceptors (Lipinski definition) is 0. The van der Waals surface area contributed by atoms with Gasteiger partial charge in [-0.05, 0) is 49.5 Å².